The van der Waals surface area contributed by atoms with Crippen LogP contribution in [0.5, 0.6) is 0 Å². The fourth-order valence-corrected chi connectivity index (χ4v) is 2.53. The van der Waals surface area contributed by atoms with Crippen molar-refractivity contribution in [2.45, 2.75) is 24.9 Å². The van der Waals surface area contributed by atoms with Crippen molar-refractivity contribution in [2.75, 3.05) is 13.1 Å². The predicted octanol–water partition coefficient (Wildman–Crippen LogP) is 4.93. The third kappa shape index (κ3) is 7.24. The molecule has 18 heavy (non-hydrogen) atoms. The van der Waals surface area contributed by atoms with Gasteiger partial charge in [-0.15, -0.1) is 0 Å². The van der Waals surface area contributed by atoms with Gasteiger partial charge < -0.3 is 4.90 Å². The minimum atomic E-state index is -4.97. The van der Waals surface area contributed by atoms with E-state index in [9.17, 15) is 30.7 Å². The van der Waals surface area contributed by atoms with Gasteiger partial charge in [0.05, 0.1) is 0 Å². The highest BCUT2D eigenvalue weighted by atomic mass is 32.2. The second-order valence-corrected chi connectivity index (χ2v) is 5.26. The van der Waals surface area contributed by atoms with Gasteiger partial charge in [-0.05, 0) is 37.4 Å². The zero-order valence-electron chi connectivity index (χ0n) is 9.32. The van der Waals surface area contributed by atoms with Crippen LogP contribution >= 0.6 is 23.5 Å². The number of alkyl halides is 6. The van der Waals surface area contributed by atoms with Gasteiger partial charge in [0.25, 0.3) is 0 Å². The molecule has 0 aromatic rings. The molecular weight excluding hydrogens is 307 g/mol. The Balaban J connectivity index is 5.23. The van der Waals surface area contributed by atoms with Crippen molar-refractivity contribution >= 4 is 23.5 Å². The van der Waals surface area contributed by atoms with Crippen LogP contribution in [0.3, 0.4) is 0 Å². The van der Waals surface area contributed by atoms with Gasteiger partial charge in [0.2, 0.25) is 5.95 Å². The monoisotopic (exact) mass is 317 g/mol. The predicted molar refractivity (Wildman–Crippen MR) is 58.3 cm³/mol. The standard InChI is InChI=1S/C8H10F7NS2/c1-3-16(4-2)5(9)6(17-7(10,11)12)18-8(13,14)15/h3-4H2,1-2H3. The molecule has 0 radical (unpaired) electrons. The highest BCUT2D eigenvalue weighted by Gasteiger charge is 2.40. The van der Waals surface area contributed by atoms with Gasteiger partial charge in [0.15, 0.2) is 0 Å². The molecule has 0 aromatic carbocycles. The van der Waals surface area contributed by atoms with Crippen LogP contribution in [-0.2, 0) is 0 Å². The molecule has 0 atom stereocenters. The van der Waals surface area contributed by atoms with E-state index in [0.717, 1.165) is 4.90 Å². The molecule has 0 N–H and O–H groups in total. The quantitative estimate of drug-likeness (QED) is 0.523. The van der Waals surface area contributed by atoms with Gasteiger partial charge >= 0.3 is 11.0 Å². The number of hydrogen-bond acceptors (Lipinski definition) is 3. The molecule has 0 saturated heterocycles. The molecule has 0 bridgehead atoms. The molecule has 108 valence electrons. The van der Waals surface area contributed by atoms with Gasteiger partial charge in [-0.3, -0.25) is 0 Å². The summed E-state index contributed by atoms with van der Waals surface area (Å²) in [5, 5.41) is 0. The zero-order chi connectivity index (χ0) is 14.6. The van der Waals surface area contributed by atoms with Crippen molar-refractivity contribution in [3.05, 3.63) is 10.2 Å². The molecule has 0 rings (SSSR count). The van der Waals surface area contributed by atoms with Crippen LogP contribution in [0.25, 0.3) is 0 Å². The third-order valence-electron chi connectivity index (χ3n) is 1.63. The van der Waals surface area contributed by atoms with Crippen molar-refractivity contribution in [3.63, 3.8) is 0 Å². The maximum Gasteiger partial charge on any atom is 0.447 e. The Labute approximate surface area is 108 Å². The van der Waals surface area contributed by atoms with E-state index in [-0.39, 0.29) is 13.1 Å². The number of nitrogens with zero attached hydrogens (tertiary/aromatic N) is 1. The van der Waals surface area contributed by atoms with Gasteiger partial charge in [-0.1, -0.05) is 0 Å². The zero-order valence-corrected chi connectivity index (χ0v) is 11.0. The number of thioether (sulfide) groups is 2. The molecule has 0 aliphatic heterocycles. The third-order valence-corrected chi connectivity index (χ3v) is 3.30. The van der Waals surface area contributed by atoms with Crippen LogP contribution in [0.15, 0.2) is 10.2 Å². The van der Waals surface area contributed by atoms with Crippen molar-refractivity contribution < 1.29 is 30.7 Å². The lowest BCUT2D eigenvalue weighted by Gasteiger charge is -2.21. The minimum Gasteiger partial charge on any atom is -0.348 e. The van der Waals surface area contributed by atoms with E-state index in [1.165, 1.54) is 13.8 Å². The second-order valence-electron chi connectivity index (χ2n) is 2.85. The lowest BCUT2D eigenvalue weighted by molar-refractivity contribution is -0.0329. The summed E-state index contributed by atoms with van der Waals surface area (Å²) >= 11 is -2.20. The summed E-state index contributed by atoms with van der Waals surface area (Å²) in [5.74, 6) is -1.51. The molecule has 10 heteroatoms. The molecule has 0 aliphatic rings. The fraction of sp³-hybridized carbons (Fsp3) is 0.750. The SMILES string of the molecule is CCN(CC)C(F)=C(SC(F)(F)F)SC(F)(F)F. The number of hydrogen-bond donors (Lipinski definition) is 0. The van der Waals surface area contributed by atoms with Crippen LogP contribution in [0.1, 0.15) is 13.8 Å². The van der Waals surface area contributed by atoms with Crippen molar-refractivity contribution in [2.24, 2.45) is 0 Å². The highest BCUT2D eigenvalue weighted by molar-refractivity contribution is 8.23. The van der Waals surface area contributed by atoms with Gasteiger partial charge in [0.1, 0.15) is 4.24 Å². The second kappa shape index (κ2) is 6.78. The number of halogens is 7. The number of rotatable bonds is 5. The summed E-state index contributed by atoms with van der Waals surface area (Å²) in [6.07, 6.45) is 0. The van der Waals surface area contributed by atoms with Crippen LogP contribution in [0, 0.1) is 0 Å². The first kappa shape index (κ1) is 17.8. The molecule has 0 spiro atoms. The van der Waals surface area contributed by atoms with E-state index in [4.69, 9.17) is 0 Å². The van der Waals surface area contributed by atoms with Gasteiger partial charge in [0, 0.05) is 13.1 Å². The molecule has 1 nitrogen and oxygen atoms in total. The largest absolute Gasteiger partial charge is 0.447 e. The first-order valence-electron chi connectivity index (χ1n) is 4.66. The molecule has 0 aliphatic carbocycles. The van der Waals surface area contributed by atoms with Crippen molar-refractivity contribution in [1.29, 1.82) is 0 Å². The molecule has 0 fully saturated rings. The van der Waals surface area contributed by atoms with Crippen LogP contribution in [0.2, 0.25) is 0 Å². The van der Waals surface area contributed by atoms with Crippen LogP contribution < -0.4 is 0 Å². The molecule has 0 saturated carbocycles. The van der Waals surface area contributed by atoms with E-state index >= 15 is 0 Å². The summed E-state index contributed by atoms with van der Waals surface area (Å²) in [5.41, 5.74) is -9.95. The summed E-state index contributed by atoms with van der Waals surface area (Å²) in [6, 6.07) is 0. The Kier molecular flexibility index (Phi) is 6.69. The van der Waals surface area contributed by atoms with Gasteiger partial charge in [-0.25, -0.2) is 0 Å². The smallest absolute Gasteiger partial charge is 0.348 e. The lowest BCUT2D eigenvalue weighted by Crippen LogP contribution is -2.21. The molecule has 0 aromatic heterocycles. The van der Waals surface area contributed by atoms with Crippen LogP contribution in [0.4, 0.5) is 30.7 Å². The van der Waals surface area contributed by atoms with Crippen LogP contribution in [-0.4, -0.2) is 29.0 Å². The Morgan fingerprint density at radius 3 is 1.44 bits per heavy atom. The van der Waals surface area contributed by atoms with E-state index in [1.54, 1.807) is 0 Å². The van der Waals surface area contributed by atoms with E-state index in [2.05, 4.69) is 0 Å². The Hall–Kier alpha value is -0.250. The highest BCUT2D eigenvalue weighted by Crippen LogP contribution is 2.49. The first-order valence-corrected chi connectivity index (χ1v) is 6.29. The lowest BCUT2D eigenvalue weighted by atomic mass is 10.5. The molecule has 0 unspecified atom stereocenters. The Morgan fingerprint density at radius 2 is 1.22 bits per heavy atom. The fourth-order valence-electron chi connectivity index (χ4n) is 0.946. The van der Waals surface area contributed by atoms with Gasteiger partial charge in [-0.2, -0.15) is 30.7 Å². The molecular formula is C8H10F7NS2. The molecule has 0 heterocycles. The maximum atomic E-state index is 13.6. The average molecular weight is 317 g/mol. The average Bonchev–Trinajstić information content (AvgIpc) is 2.14. The summed E-state index contributed by atoms with van der Waals surface area (Å²) in [7, 11) is 0. The van der Waals surface area contributed by atoms with E-state index in [1.807, 2.05) is 0 Å². The van der Waals surface area contributed by atoms with Crippen molar-refractivity contribution in [1.82, 2.24) is 4.90 Å². The summed E-state index contributed by atoms with van der Waals surface area (Å²) in [6.45, 7) is 2.81. The topological polar surface area (TPSA) is 3.24 Å². The minimum absolute atomic E-state index is 0.0251. The van der Waals surface area contributed by atoms with Crippen molar-refractivity contribution in [3.8, 4) is 0 Å². The Morgan fingerprint density at radius 1 is 0.889 bits per heavy atom. The Bertz CT molecular complexity index is 275. The summed E-state index contributed by atoms with van der Waals surface area (Å²) < 4.78 is 84.6. The normalized spacial score (nSPS) is 12.5. The van der Waals surface area contributed by atoms with E-state index in [0.29, 0.717) is 0 Å². The summed E-state index contributed by atoms with van der Waals surface area (Å²) in [4.78, 5) is 0.785. The molecule has 0 amide bonds. The first-order chi connectivity index (χ1) is 8.00. The maximum absolute atomic E-state index is 13.6. The van der Waals surface area contributed by atoms with E-state index < -0.39 is 44.7 Å².